The first-order valence-corrected chi connectivity index (χ1v) is 10.3. The number of nitrogens with zero attached hydrogens (tertiary/aromatic N) is 1. The molecule has 160 valence electrons. The molecule has 1 aromatic rings. The molecule has 3 heterocycles. The summed E-state index contributed by atoms with van der Waals surface area (Å²) >= 11 is 0. The number of nitrogens with one attached hydrogen (secondary N) is 2. The van der Waals surface area contributed by atoms with Gasteiger partial charge in [-0.25, -0.2) is 0 Å². The van der Waals surface area contributed by atoms with Crippen LogP contribution in [0.2, 0.25) is 0 Å². The number of hydrogen-bond acceptors (Lipinski definition) is 7. The monoisotopic (exact) mass is 414 g/mol. The Morgan fingerprint density at radius 1 is 1.13 bits per heavy atom. The number of ether oxygens (including phenoxy) is 1. The zero-order valence-corrected chi connectivity index (χ0v) is 16.7. The molecule has 1 aromatic carbocycles. The molecule has 3 aliphatic heterocycles. The number of rotatable bonds is 6. The Hall–Kier alpha value is -2.62. The van der Waals surface area contributed by atoms with E-state index in [0.29, 0.717) is 31.9 Å². The van der Waals surface area contributed by atoms with Crippen LogP contribution in [0.1, 0.15) is 52.0 Å². The van der Waals surface area contributed by atoms with Crippen LogP contribution in [0.5, 0.6) is 0 Å². The first-order valence-electron chi connectivity index (χ1n) is 10.3. The van der Waals surface area contributed by atoms with E-state index in [0.717, 1.165) is 29.8 Å². The lowest BCUT2D eigenvalue weighted by Crippen LogP contribution is -2.54. The van der Waals surface area contributed by atoms with E-state index in [1.54, 1.807) is 12.1 Å². The fourth-order valence-electron chi connectivity index (χ4n) is 4.36. The van der Waals surface area contributed by atoms with Crippen molar-refractivity contribution in [3.8, 4) is 0 Å². The zero-order chi connectivity index (χ0) is 21.3. The molecule has 2 fully saturated rings. The van der Waals surface area contributed by atoms with Crippen molar-refractivity contribution >= 4 is 23.6 Å². The first kappa shape index (κ1) is 20.6. The van der Waals surface area contributed by atoms with Crippen molar-refractivity contribution in [1.29, 1.82) is 0 Å². The Bertz CT molecular complexity index is 893. The Kier molecular flexibility index (Phi) is 5.68. The minimum Gasteiger partial charge on any atom is -0.381 e. The number of carbonyl (C=O) groups is 4. The normalized spacial score (nSPS) is 23.5. The second kappa shape index (κ2) is 8.25. The quantitative estimate of drug-likeness (QED) is 0.556. The van der Waals surface area contributed by atoms with E-state index < -0.39 is 23.8 Å². The molecule has 9 heteroatoms. The van der Waals surface area contributed by atoms with Crippen LogP contribution in [0.25, 0.3) is 0 Å². The van der Waals surface area contributed by atoms with Crippen molar-refractivity contribution in [3.05, 3.63) is 34.9 Å². The lowest BCUT2D eigenvalue weighted by Gasteiger charge is -2.36. The second-order valence-electron chi connectivity index (χ2n) is 8.25. The van der Waals surface area contributed by atoms with Gasteiger partial charge in [-0.05, 0) is 48.9 Å². The number of hydrogen-bond donors (Lipinski definition) is 3. The van der Waals surface area contributed by atoms with Crippen LogP contribution in [-0.4, -0.2) is 60.9 Å². The number of nitrogens with two attached hydrogens (primary N) is 1. The molecule has 4 N–H and O–H groups in total. The Morgan fingerprint density at radius 3 is 2.57 bits per heavy atom. The van der Waals surface area contributed by atoms with E-state index >= 15 is 0 Å². The van der Waals surface area contributed by atoms with E-state index in [2.05, 4.69) is 10.6 Å². The molecule has 0 aromatic heterocycles. The lowest BCUT2D eigenvalue weighted by molar-refractivity contribution is -0.136. The van der Waals surface area contributed by atoms with Gasteiger partial charge >= 0.3 is 0 Å². The summed E-state index contributed by atoms with van der Waals surface area (Å²) in [5.74, 6) is -1.98. The van der Waals surface area contributed by atoms with Crippen LogP contribution in [0.15, 0.2) is 18.2 Å². The average Bonchev–Trinajstić information content (AvgIpc) is 2.99. The molecular formula is C21H26N4O5. The van der Waals surface area contributed by atoms with Gasteiger partial charge in [-0.2, -0.15) is 0 Å². The third-order valence-electron chi connectivity index (χ3n) is 6.32. The van der Waals surface area contributed by atoms with Crippen molar-refractivity contribution in [2.45, 2.75) is 38.3 Å². The van der Waals surface area contributed by atoms with E-state index in [1.807, 2.05) is 6.07 Å². The molecule has 4 rings (SSSR count). The predicted molar refractivity (Wildman–Crippen MR) is 106 cm³/mol. The number of amides is 4. The van der Waals surface area contributed by atoms with Gasteiger partial charge in [0.05, 0.1) is 11.1 Å². The molecule has 4 amide bonds. The molecule has 0 aliphatic carbocycles. The molecule has 0 bridgehead atoms. The molecule has 0 radical (unpaired) electrons. The standard InChI is InChI=1S/C21H26N4O5/c22-11-21(5-7-30-8-6-21)12-23-10-13-1-2-14-15(9-13)20(29)25(19(14)28)16-3-4-17(26)24-18(16)27/h1-2,9,16,23H,3-8,10-12,22H2,(H,24,26,27). The Morgan fingerprint density at radius 2 is 1.87 bits per heavy atom. The highest BCUT2D eigenvalue weighted by molar-refractivity contribution is 6.23. The third kappa shape index (κ3) is 3.76. The Balaban J connectivity index is 1.44. The minimum absolute atomic E-state index is 0.0172. The van der Waals surface area contributed by atoms with E-state index in [4.69, 9.17) is 10.5 Å². The molecule has 1 unspecified atom stereocenters. The third-order valence-corrected chi connectivity index (χ3v) is 6.32. The highest BCUT2D eigenvalue weighted by Gasteiger charge is 2.44. The van der Waals surface area contributed by atoms with Crippen molar-refractivity contribution in [3.63, 3.8) is 0 Å². The van der Waals surface area contributed by atoms with Crippen LogP contribution in [-0.2, 0) is 20.9 Å². The highest BCUT2D eigenvalue weighted by atomic mass is 16.5. The summed E-state index contributed by atoms with van der Waals surface area (Å²) < 4.78 is 5.43. The van der Waals surface area contributed by atoms with Crippen LogP contribution in [0, 0.1) is 5.41 Å². The maximum atomic E-state index is 12.9. The topological polar surface area (TPSA) is 131 Å². The molecule has 1 atom stereocenters. The van der Waals surface area contributed by atoms with Gasteiger partial charge in [0, 0.05) is 32.7 Å². The summed E-state index contributed by atoms with van der Waals surface area (Å²) in [7, 11) is 0. The summed E-state index contributed by atoms with van der Waals surface area (Å²) in [4.78, 5) is 50.1. The van der Waals surface area contributed by atoms with Gasteiger partial charge in [0.25, 0.3) is 11.8 Å². The predicted octanol–water partition coefficient (Wildman–Crippen LogP) is -0.0671. The first-order chi connectivity index (χ1) is 14.4. The highest BCUT2D eigenvalue weighted by Crippen LogP contribution is 2.30. The number of imide groups is 2. The second-order valence-corrected chi connectivity index (χ2v) is 8.25. The molecule has 9 nitrogen and oxygen atoms in total. The van der Waals surface area contributed by atoms with Gasteiger partial charge in [-0.15, -0.1) is 0 Å². The number of piperidine rings is 1. The number of fused-ring (bicyclic) bond motifs is 1. The molecular weight excluding hydrogens is 388 g/mol. The maximum absolute atomic E-state index is 12.9. The summed E-state index contributed by atoms with van der Waals surface area (Å²) in [6.07, 6.45) is 2.07. The van der Waals surface area contributed by atoms with Gasteiger partial charge < -0.3 is 15.8 Å². The van der Waals surface area contributed by atoms with Crippen LogP contribution in [0.4, 0.5) is 0 Å². The summed E-state index contributed by atoms with van der Waals surface area (Å²) in [5.41, 5.74) is 7.47. The summed E-state index contributed by atoms with van der Waals surface area (Å²) in [5, 5.41) is 5.62. The van der Waals surface area contributed by atoms with E-state index in [9.17, 15) is 19.2 Å². The van der Waals surface area contributed by atoms with Crippen molar-refractivity contribution < 1.29 is 23.9 Å². The molecule has 0 saturated carbocycles. The molecule has 2 saturated heterocycles. The van der Waals surface area contributed by atoms with E-state index in [1.165, 1.54) is 0 Å². The van der Waals surface area contributed by atoms with Gasteiger partial charge in [0.15, 0.2) is 0 Å². The van der Waals surface area contributed by atoms with Gasteiger partial charge in [0.1, 0.15) is 6.04 Å². The van der Waals surface area contributed by atoms with Crippen molar-refractivity contribution in [1.82, 2.24) is 15.5 Å². The van der Waals surface area contributed by atoms with E-state index in [-0.39, 0.29) is 29.7 Å². The number of benzene rings is 1. The van der Waals surface area contributed by atoms with Crippen LogP contribution < -0.4 is 16.4 Å². The van der Waals surface area contributed by atoms with Gasteiger partial charge in [0.2, 0.25) is 11.8 Å². The van der Waals surface area contributed by atoms with Crippen LogP contribution >= 0.6 is 0 Å². The fraction of sp³-hybridized carbons (Fsp3) is 0.524. The molecule has 30 heavy (non-hydrogen) atoms. The van der Waals surface area contributed by atoms with Crippen molar-refractivity contribution in [2.75, 3.05) is 26.3 Å². The van der Waals surface area contributed by atoms with Gasteiger partial charge in [-0.1, -0.05) is 6.07 Å². The van der Waals surface area contributed by atoms with Crippen LogP contribution in [0.3, 0.4) is 0 Å². The summed E-state index contributed by atoms with van der Waals surface area (Å²) in [6, 6.07) is 4.19. The number of carbonyl (C=O) groups excluding carboxylic acids is 4. The summed E-state index contributed by atoms with van der Waals surface area (Å²) in [6.45, 7) is 3.30. The molecule has 0 spiro atoms. The Labute approximate surface area is 174 Å². The SMILES string of the molecule is NCC1(CNCc2ccc3c(c2)C(=O)N(C2CCC(=O)NC2=O)C3=O)CCOCC1. The zero-order valence-electron chi connectivity index (χ0n) is 16.7. The van der Waals surface area contributed by atoms with Gasteiger partial charge in [-0.3, -0.25) is 29.4 Å². The largest absolute Gasteiger partial charge is 0.381 e. The average molecular weight is 414 g/mol. The fourth-order valence-corrected chi connectivity index (χ4v) is 4.36. The smallest absolute Gasteiger partial charge is 0.262 e. The maximum Gasteiger partial charge on any atom is 0.262 e. The lowest BCUT2D eigenvalue weighted by atomic mass is 9.80. The minimum atomic E-state index is -0.949. The van der Waals surface area contributed by atoms with Crippen molar-refractivity contribution in [2.24, 2.45) is 11.1 Å². The molecule has 3 aliphatic rings.